The molecular formula is C14H11BrClFN2O. The fraction of sp³-hybridized carbons (Fsp3) is 0.0714. The van der Waals surface area contributed by atoms with Crippen LogP contribution in [0.25, 0.3) is 0 Å². The van der Waals surface area contributed by atoms with E-state index in [2.05, 4.69) is 21.2 Å². The van der Waals surface area contributed by atoms with Crippen LogP contribution >= 0.6 is 27.5 Å². The van der Waals surface area contributed by atoms with Crippen molar-refractivity contribution >= 4 is 39.1 Å². The van der Waals surface area contributed by atoms with Crippen LogP contribution in [0.15, 0.2) is 46.9 Å². The first kappa shape index (κ1) is 14.8. The van der Waals surface area contributed by atoms with Crippen molar-refractivity contribution in [3.63, 3.8) is 0 Å². The smallest absolute Gasteiger partial charge is 0.244 e. The Balaban J connectivity index is 2.34. The summed E-state index contributed by atoms with van der Waals surface area (Å²) in [6.45, 7) is 0. The van der Waals surface area contributed by atoms with Crippen LogP contribution in [0.2, 0.25) is 5.02 Å². The molecule has 2 aromatic rings. The summed E-state index contributed by atoms with van der Waals surface area (Å²) in [7, 11) is 0. The molecule has 0 saturated heterocycles. The molecule has 0 fully saturated rings. The molecule has 2 rings (SSSR count). The number of hydrogen-bond donors (Lipinski definition) is 2. The van der Waals surface area contributed by atoms with Gasteiger partial charge in [0.25, 0.3) is 0 Å². The average molecular weight is 358 g/mol. The quantitative estimate of drug-likeness (QED) is 0.872. The third-order valence-corrected chi connectivity index (χ3v) is 3.42. The Bertz CT molecular complexity index is 651. The number of benzene rings is 2. The zero-order valence-electron chi connectivity index (χ0n) is 10.2. The molecule has 0 bridgehead atoms. The maximum absolute atomic E-state index is 13.9. The van der Waals surface area contributed by atoms with E-state index in [9.17, 15) is 9.18 Å². The van der Waals surface area contributed by atoms with E-state index in [0.717, 1.165) is 0 Å². The number of nitrogens with two attached hydrogens (primary N) is 1. The van der Waals surface area contributed by atoms with Crippen molar-refractivity contribution in [2.45, 2.75) is 6.04 Å². The van der Waals surface area contributed by atoms with E-state index in [-0.39, 0.29) is 5.56 Å². The highest BCUT2D eigenvalue weighted by atomic mass is 79.9. The summed E-state index contributed by atoms with van der Waals surface area (Å²) in [5, 5.41) is 3.39. The summed E-state index contributed by atoms with van der Waals surface area (Å²) < 4.78 is 14.5. The van der Waals surface area contributed by atoms with Gasteiger partial charge in [-0.2, -0.15) is 0 Å². The number of primary amides is 1. The van der Waals surface area contributed by atoms with Crippen LogP contribution in [0.5, 0.6) is 0 Å². The van der Waals surface area contributed by atoms with E-state index >= 15 is 0 Å². The number of nitrogens with one attached hydrogen (secondary N) is 1. The first-order valence-electron chi connectivity index (χ1n) is 5.74. The standard InChI is InChI=1S/C14H11BrClFN2O/c15-8-4-5-11(12(17)6-8)13(14(18)20)19-10-3-1-2-9(16)7-10/h1-7,13,19H,(H2,18,20). The fourth-order valence-electron chi connectivity index (χ4n) is 1.78. The van der Waals surface area contributed by atoms with Crippen LogP contribution in [0.4, 0.5) is 10.1 Å². The van der Waals surface area contributed by atoms with Crippen molar-refractivity contribution in [2.24, 2.45) is 5.73 Å². The molecule has 0 radical (unpaired) electrons. The van der Waals surface area contributed by atoms with E-state index in [1.165, 1.54) is 12.1 Å². The van der Waals surface area contributed by atoms with E-state index in [0.29, 0.717) is 15.2 Å². The van der Waals surface area contributed by atoms with Gasteiger partial charge in [-0.15, -0.1) is 0 Å². The highest BCUT2D eigenvalue weighted by Crippen LogP contribution is 2.25. The van der Waals surface area contributed by atoms with Gasteiger partial charge in [0.15, 0.2) is 0 Å². The maximum atomic E-state index is 13.9. The van der Waals surface area contributed by atoms with Gasteiger partial charge >= 0.3 is 0 Å². The number of carbonyl (C=O) groups excluding carboxylic acids is 1. The Morgan fingerprint density at radius 2 is 2.05 bits per heavy atom. The van der Waals surface area contributed by atoms with E-state index in [1.807, 2.05) is 0 Å². The van der Waals surface area contributed by atoms with Gasteiger partial charge in [0, 0.05) is 20.7 Å². The minimum atomic E-state index is -0.971. The van der Waals surface area contributed by atoms with Crippen molar-refractivity contribution < 1.29 is 9.18 Å². The molecule has 3 nitrogen and oxygen atoms in total. The highest BCUT2D eigenvalue weighted by Gasteiger charge is 2.21. The molecular weight excluding hydrogens is 347 g/mol. The van der Waals surface area contributed by atoms with Crippen LogP contribution in [0.1, 0.15) is 11.6 Å². The molecule has 0 aromatic heterocycles. The summed E-state index contributed by atoms with van der Waals surface area (Å²) in [6.07, 6.45) is 0. The van der Waals surface area contributed by atoms with Crippen LogP contribution in [-0.2, 0) is 4.79 Å². The zero-order valence-corrected chi connectivity index (χ0v) is 12.6. The number of hydrogen-bond acceptors (Lipinski definition) is 2. The molecule has 0 aliphatic carbocycles. The molecule has 104 valence electrons. The molecule has 1 atom stereocenters. The summed E-state index contributed by atoms with van der Waals surface area (Å²) in [5.74, 6) is -1.19. The summed E-state index contributed by atoms with van der Waals surface area (Å²) in [6, 6.07) is 10.2. The van der Waals surface area contributed by atoms with E-state index in [4.69, 9.17) is 17.3 Å². The topological polar surface area (TPSA) is 55.1 Å². The van der Waals surface area contributed by atoms with Crippen LogP contribution in [0, 0.1) is 5.82 Å². The van der Waals surface area contributed by atoms with Gasteiger partial charge in [0.1, 0.15) is 11.9 Å². The Labute approximate surface area is 129 Å². The first-order valence-corrected chi connectivity index (χ1v) is 6.91. The second-order valence-electron chi connectivity index (χ2n) is 4.16. The number of carbonyl (C=O) groups is 1. The van der Waals surface area contributed by atoms with Gasteiger partial charge in [-0.3, -0.25) is 4.79 Å². The Morgan fingerprint density at radius 3 is 2.65 bits per heavy atom. The monoisotopic (exact) mass is 356 g/mol. The third kappa shape index (κ3) is 3.49. The minimum Gasteiger partial charge on any atom is -0.370 e. The third-order valence-electron chi connectivity index (χ3n) is 2.69. The molecule has 2 aromatic carbocycles. The van der Waals surface area contributed by atoms with Gasteiger partial charge in [-0.1, -0.05) is 39.7 Å². The number of halogens is 3. The predicted molar refractivity (Wildman–Crippen MR) is 81.1 cm³/mol. The van der Waals surface area contributed by atoms with Crippen molar-refractivity contribution in [3.05, 3.63) is 63.3 Å². The SMILES string of the molecule is NC(=O)C(Nc1cccc(Cl)c1)c1ccc(Br)cc1F. The summed E-state index contributed by atoms with van der Waals surface area (Å²) in [5.41, 5.74) is 6.12. The second kappa shape index (κ2) is 6.24. The molecule has 0 heterocycles. The Hall–Kier alpha value is -1.59. The van der Waals surface area contributed by atoms with Crippen LogP contribution in [0.3, 0.4) is 0 Å². The molecule has 1 amide bonds. The van der Waals surface area contributed by atoms with Crippen LogP contribution < -0.4 is 11.1 Å². The number of rotatable bonds is 4. The predicted octanol–water partition coefficient (Wildman–Crippen LogP) is 3.88. The van der Waals surface area contributed by atoms with Gasteiger partial charge in [0.05, 0.1) is 0 Å². The van der Waals surface area contributed by atoms with Crippen molar-refractivity contribution in [2.75, 3.05) is 5.32 Å². The zero-order chi connectivity index (χ0) is 14.7. The van der Waals surface area contributed by atoms with Crippen molar-refractivity contribution in [3.8, 4) is 0 Å². The highest BCUT2D eigenvalue weighted by molar-refractivity contribution is 9.10. The lowest BCUT2D eigenvalue weighted by atomic mass is 10.1. The molecule has 1 unspecified atom stereocenters. The van der Waals surface area contributed by atoms with Crippen LogP contribution in [-0.4, -0.2) is 5.91 Å². The number of amides is 1. The lowest BCUT2D eigenvalue weighted by molar-refractivity contribution is -0.118. The lowest BCUT2D eigenvalue weighted by Gasteiger charge is -2.18. The fourth-order valence-corrected chi connectivity index (χ4v) is 2.31. The Kier molecular flexibility index (Phi) is 4.62. The molecule has 20 heavy (non-hydrogen) atoms. The largest absolute Gasteiger partial charge is 0.370 e. The molecule has 3 N–H and O–H groups in total. The van der Waals surface area contributed by atoms with E-state index < -0.39 is 17.8 Å². The Morgan fingerprint density at radius 1 is 1.30 bits per heavy atom. The molecule has 6 heteroatoms. The summed E-state index contributed by atoms with van der Waals surface area (Å²) >= 11 is 9.03. The van der Waals surface area contributed by atoms with Crippen molar-refractivity contribution in [1.29, 1.82) is 0 Å². The molecule has 0 saturated carbocycles. The van der Waals surface area contributed by atoms with Gasteiger partial charge in [-0.05, 0) is 30.3 Å². The first-order chi connectivity index (χ1) is 9.47. The maximum Gasteiger partial charge on any atom is 0.244 e. The molecule has 0 aliphatic rings. The van der Waals surface area contributed by atoms with Gasteiger partial charge < -0.3 is 11.1 Å². The lowest BCUT2D eigenvalue weighted by Crippen LogP contribution is -2.28. The molecule has 0 spiro atoms. The normalized spacial score (nSPS) is 11.9. The van der Waals surface area contributed by atoms with Gasteiger partial charge in [-0.25, -0.2) is 4.39 Å². The molecule has 0 aliphatic heterocycles. The summed E-state index contributed by atoms with van der Waals surface area (Å²) in [4.78, 5) is 11.6. The number of anilines is 1. The van der Waals surface area contributed by atoms with Crippen molar-refractivity contribution in [1.82, 2.24) is 0 Å². The second-order valence-corrected chi connectivity index (χ2v) is 5.51. The average Bonchev–Trinajstić information content (AvgIpc) is 2.36. The van der Waals surface area contributed by atoms with Gasteiger partial charge in [0.2, 0.25) is 5.91 Å². The van der Waals surface area contributed by atoms with E-state index in [1.54, 1.807) is 30.3 Å². The minimum absolute atomic E-state index is 0.181.